The summed E-state index contributed by atoms with van der Waals surface area (Å²) in [4.78, 5) is 23.3. The van der Waals surface area contributed by atoms with Crippen molar-refractivity contribution in [1.82, 2.24) is 4.57 Å². The second-order valence-electron chi connectivity index (χ2n) is 8.78. The van der Waals surface area contributed by atoms with Gasteiger partial charge in [-0.25, -0.2) is 9.98 Å². The van der Waals surface area contributed by atoms with E-state index in [9.17, 15) is 9.90 Å². The van der Waals surface area contributed by atoms with Crippen molar-refractivity contribution in [2.75, 3.05) is 0 Å². The van der Waals surface area contributed by atoms with Crippen LogP contribution in [0.15, 0.2) is 64.6 Å². The zero-order valence-corrected chi connectivity index (χ0v) is 20.6. The van der Waals surface area contributed by atoms with Crippen molar-refractivity contribution >= 4 is 28.5 Å². The molecular weight excluding hydrogens is 442 g/mol. The number of rotatable bonds is 3. The number of hydrogen-bond acceptors (Lipinski definition) is 4. The number of carbonyl (C=O) groups excluding carboxylic acids is 1. The summed E-state index contributed by atoms with van der Waals surface area (Å²) >= 11 is 1.31. The van der Waals surface area contributed by atoms with E-state index >= 15 is 0 Å². The zero-order valence-electron chi connectivity index (χ0n) is 19.8. The van der Waals surface area contributed by atoms with Crippen molar-refractivity contribution in [2.24, 2.45) is 9.98 Å². The quantitative estimate of drug-likeness (QED) is 0.486. The van der Waals surface area contributed by atoms with Crippen LogP contribution in [0.4, 0.5) is 5.69 Å². The highest BCUT2D eigenvalue weighted by atomic mass is 32.1. The highest BCUT2D eigenvalue weighted by molar-refractivity contribution is 7.11. The maximum absolute atomic E-state index is 13.0. The van der Waals surface area contributed by atoms with Crippen LogP contribution in [0.25, 0.3) is 11.3 Å². The van der Waals surface area contributed by atoms with Gasteiger partial charge in [-0.1, -0.05) is 59.4 Å². The molecule has 6 heteroatoms. The average Bonchev–Trinajstić information content (AvgIpc) is 3.26. The Bertz CT molecular complexity index is 1650. The summed E-state index contributed by atoms with van der Waals surface area (Å²) in [5, 5.41) is 13.0. The molecule has 1 N–H and O–H groups in total. The Kier molecular flexibility index (Phi) is 5.33. The standard InChI is InChI=1S/C28H25N3O2S/c1-15-12-13-21-20(14-15)22(26(32)29-21)25-27(33)31(24-18(4)10-7-11-19(24)5)28(34-25)30-23-16(2)8-6-9-17(23)3/h6-14,33H,1-5H3. The van der Waals surface area contributed by atoms with Gasteiger partial charge in [0.15, 0.2) is 4.80 Å². The Morgan fingerprint density at radius 2 is 1.50 bits per heavy atom. The van der Waals surface area contributed by atoms with Gasteiger partial charge in [0, 0.05) is 5.22 Å². The van der Waals surface area contributed by atoms with Crippen molar-refractivity contribution in [3.63, 3.8) is 0 Å². The molecule has 1 aliphatic heterocycles. The van der Waals surface area contributed by atoms with Crippen LogP contribution in [0.5, 0.6) is 5.88 Å². The van der Waals surface area contributed by atoms with Crippen LogP contribution in [0.2, 0.25) is 0 Å². The molecule has 3 aromatic carbocycles. The lowest BCUT2D eigenvalue weighted by molar-refractivity contribution is -0.112. The van der Waals surface area contributed by atoms with E-state index in [1.165, 1.54) is 11.3 Å². The number of aromatic nitrogens is 1. The van der Waals surface area contributed by atoms with E-state index in [1.807, 2.05) is 89.2 Å². The molecule has 1 aliphatic rings. The van der Waals surface area contributed by atoms with Gasteiger partial charge in [-0.05, 0) is 69.0 Å². The fraction of sp³-hybridized carbons (Fsp3) is 0.179. The molecule has 0 spiro atoms. The summed E-state index contributed by atoms with van der Waals surface area (Å²) in [5.41, 5.74) is 7.27. The summed E-state index contributed by atoms with van der Waals surface area (Å²) in [5.74, 6) is -0.343. The van der Waals surface area contributed by atoms with E-state index in [4.69, 9.17) is 4.99 Å². The monoisotopic (exact) mass is 467 g/mol. The predicted octanol–water partition coefficient (Wildman–Crippen LogP) is 4.38. The molecule has 0 radical (unpaired) electrons. The molecule has 5 rings (SSSR count). The van der Waals surface area contributed by atoms with Gasteiger partial charge < -0.3 is 5.11 Å². The Hall–Kier alpha value is -3.77. The maximum Gasteiger partial charge on any atom is 0.279 e. The Balaban J connectivity index is 1.92. The molecule has 0 saturated heterocycles. The van der Waals surface area contributed by atoms with Gasteiger partial charge in [-0.15, -0.1) is 0 Å². The molecule has 0 bridgehead atoms. The molecule has 1 aromatic heterocycles. The SMILES string of the molecule is Cc1ccc2c(c1)=C(c1sc(=Nc3c(C)cccc3C)n(-c3c(C)cccc3C)c1O)C(=O)N=2. The summed E-state index contributed by atoms with van der Waals surface area (Å²) in [7, 11) is 0. The van der Waals surface area contributed by atoms with Crippen LogP contribution in [0, 0.1) is 34.6 Å². The molecule has 5 nitrogen and oxygen atoms in total. The van der Waals surface area contributed by atoms with Gasteiger partial charge in [0.1, 0.15) is 4.88 Å². The first kappa shape index (κ1) is 22.0. The van der Waals surface area contributed by atoms with Gasteiger partial charge in [-0.2, -0.15) is 0 Å². The van der Waals surface area contributed by atoms with Crippen LogP contribution in [0.3, 0.4) is 0 Å². The molecule has 34 heavy (non-hydrogen) atoms. The van der Waals surface area contributed by atoms with E-state index in [1.54, 1.807) is 4.57 Å². The number of aromatic hydroxyl groups is 1. The lowest BCUT2D eigenvalue weighted by atomic mass is 10.1. The summed E-state index contributed by atoms with van der Waals surface area (Å²) in [6, 6.07) is 17.8. The van der Waals surface area contributed by atoms with Crippen molar-refractivity contribution in [3.8, 4) is 11.6 Å². The minimum Gasteiger partial charge on any atom is -0.493 e. The Morgan fingerprint density at radius 1 is 0.882 bits per heavy atom. The highest BCUT2D eigenvalue weighted by Crippen LogP contribution is 2.33. The molecule has 2 heterocycles. The summed E-state index contributed by atoms with van der Waals surface area (Å²) in [6.45, 7) is 10.1. The van der Waals surface area contributed by atoms with Crippen molar-refractivity contribution in [2.45, 2.75) is 34.6 Å². The van der Waals surface area contributed by atoms with Crippen LogP contribution in [-0.2, 0) is 4.79 Å². The van der Waals surface area contributed by atoms with Crippen molar-refractivity contribution in [3.05, 3.63) is 103 Å². The van der Waals surface area contributed by atoms with Gasteiger partial charge in [0.05, 0.1) is 22.3 Å². The van der Waals surface area contributed by atoms with Crippen molar-refractivity contribution in [1.29, 1.82) is 0 Å². The Labute approximate surface area is 201 Å². The average molecular weight is 468 g/mol. The van der Waals surface area contributed by atoms with Crippen molar-refractivity contribution < 1.29 is 9.90 Å². The molecule has 0 fully saturated rings. The minimum absolute atomic E-state index is 0.000272. The number of benzene rings is 3. The lowest BCUT2D eigenvalue weighted by Gasteiger charge is -2.13. The normalized spacial score (nSPS) is 13.4. The third-order valence-corrected chi connectivity index (χ3v) is 7.24. The predicted molar refractivity (Wildman–Crippen MR) is 135 cm³/mol. The molecule has 0 aliphatic carbocycles. The third-order valence-electron chi connectivity index (χ3n) is 6.19. The minimum atomic E-state index is -0.343. The topological polar surface area (TPSA) is 66.9 Å². The number of amides is 1. The van der Waals surface area contributed by atoms with E-state index in [2.05, 4.69) is 4.99 Å². The number of hydrogen-bond donors (Lipinski definition) is 1. The van der Waals surface area contributed by atoms with Crippen LogP contribution in [0.1, 0.15) is 32.7 Å². The summed E-state index contributed by atoms with van der Waals surface area (Å²) in [6.07, 6.45) is 0. The smallest absolute Gasteiger partial charge is 0.279 e. The first-order chi connectivity index (χ1) is 16.3. The molecule has 0 saturated carbocycles. The maximum atomic E-state index is 13.0. The van der Waals surface area contributed by atoms with Crippen LogP contribution in [-0.4, -0.2) is 15.6 Å². The third kappa shape index (κ3) is 3.51. The van der Waals surface area contributed by atoms with E-state index in [0.29, 0.717) is 20.6 Å². The second kappa shape index (κ2) is 8.22. The fourth-order valence-electron chi connectivity index (χ4n) is 4.50. The highest BCUT2D eigenvalue weighted by Gasteiger charge is 2.27. The van der Waals surface area contributed by atoms with E-state index in [-0.39, 0.29) is 11.8 Å². The van der Waals surface area contributed by atoms with Gasteiger partial charge in [0.2, 0.25) is 5.88 Å². The van der Waals surface area contributed by atoms with Gasteiger partial charge in [0.25, 0.3) is 5.91 Å². The second-order valence-corrected chi connectivity index (χ2v) is 9.76. The number of carbonyl (C=O) groups is 1. The number of fused-ring (bicyclic) bond motifs is 1. The van der Waals surface area contributed by atoms with Crippen LogP contribution < -0.4 is 15.4 Å². The molecule has 4 aromatic rings. The van der Waals surface area contributed by atoms with Gasteiger partial charge >= 0.3 is 0 Å². The number of nitrogens with zero attached hydrogens (tertiary/aromatic N) is 3. The van der Waals surface area contributed by atoms with E-state index in [0.717, 1.165) is 44.4 Å². The molecule has 1 amide bonds. The summed E-state index contributed by atoms with van der Waals surface area (Å²) < 4.78 is 1.77. The number of aryl methyl sites for hydroxylation is 5. The Morgan fingerprint density at radius 3 is 2.15 bits per heavy atom. The number of thiazole rings is 1. The van der Waals surface area contributed by atoms with Gasteiger partial charge in [-0.3, -0.25) is 9.36 Å². The molecule has 170 valence electrons. The first-order valence-corrected chi connectivity index (χ1v) is 11.9. The molecular formula is C28H25N3O2S. The largest absolute Gasteiger partial charge is 0.493 e. The van der Waals surface area contributed by atoms with Crippen LogP contribution >= 0.6 is 11.3 Å². The molecule has 0 unspecified atom stereocenters. The van der Waals surface area contributed by atoms with E-state index < -0.39 is 0 Å². The number of para-hydroxylation sites is 2. The first-order valence-electron chi connectivity index (χ1n) is 11.1. The molecule has 0 atom stereocenters. The zero-order chi connectivity index (χ0) is 24.1. The lowest BCUT2D eigenvalue weighted by Crippen LogP contribution is -2.23. The fourth-order valence-corrected chi connectivity index (χ4v) is 5.57.